The third-order valence-electron chi connectivity index (χ3n) is 4.30. The van der Waals surface area contributed by atoms with Crippen LogP contribution in [-0.2, 0) is 0 Å². The number of benzene rings is 2. The van der Waals surface area contributed by atoms with Crippen molar-refractivity contribution < 1.29 is 0 Å². The molecule has 0 saturated carbocycles. The zero-order valence-corrected chi connectivity index (χ0v) is 13.4. The fraction of sp³-hybridized carbons (Fsp3) is 0.368. The molecular formula is C19H25N3. The molecule has 22 heavy (non-hydrogen) atoms. The van der Waals surface area contributed by atoms with Gasteiger partial charge in [-0.25, -0.2) is 0 Å². The lowest BCUT2D eigenvalue weighted by Crippen LogP contribution is -2.31. The summed E-state index contributed by atoms with van der Waals surface area (Å²) >= 11 is 0. The van der Waals surface area contributed by atoms with Gasteiger partial charge in [0, 0.05) is 18.3 Å². The van der Waals surface area contributed by atoms with E-state index in [4.69, 9.17) is 5.73 Å². The van der Waals surface area contributed by atoms with Crippen LogP contribution in [0, 0.1) is 5.92 Å². The first kappa shape index (κ1) is 14.8. The van der Waals surface area contributed by atoms with Gasteiger partial charge in [-0.3, -0.25) is 0 Å². The minimum atomic E-state index is 0.530. The van der Waals surface area contributed by atoms with Crippen LogP contribution in [0.4, 0.5) is 17.1 Å². The molecule has 3 heteroatoms. The normalized spacial score (nSPS) is 18.2. The molecule has 2 N–H and O–H groups in total. The Bertz CT molecular complexity index is 609. The first-order chi connectivity index (χ1) is 10.6. The molecule has 0 bridgehead atoms. The van der Waals surface area contributed by atoms with Crippen molar-refractivity contribution in [1.29, 1.82) is 0 Å². The van der Waals surface area contributed by atoms with E-state index in [-0.39, 0.29) is 0 Å². The molecule has 0 radical (unpaired) electrons. The Balaban J connectivity index is 1.87. The molecule has 0 aliphatic carbocycles. The lowest BCUT2D eigenvalue weighted by Gasteiger charge is -2.26. The molecule has 0 unspecified atom stereocenters. The SMILES string of the molecule is CC(C)C[C@H]1CN(c2ccccc2N)CN1c1ccccc1. The van der Waals surface area contributed by atoms with Crippen LogP contribution in [0.1, 0.15) is 20.3 Å². The van der Waals surface area contributed by atoms with Gasteiger partial charge in [-0.15, -0.1) is 0 Å². The molecule has 1 aliphatic heterocycles. The molecular weight excluding hydrogens is 270 g/mol. The summed E-state index contributed by atoms with van der Waals surface area (Å²) in [6.07, 6.45) is 1.19. The van der Waals surface area contributed by atoms with E-state index in [1.165, 1.54) is 12.1 Å². The van der Waals surface area contributed by atoms with Crippen molar-refractivity contribution >= 4 is 17.1 Å². The number of hydrogen-bond acceptors (Lipinski definition) is 3. The Labute approximate surface area is 133 Å². The van der Waals surface area contributed by atoms with Crippen LogP contribution in [-0.4, -0.2) is 19.3 Å². The molecule has 1 atom stereocenters. The van der Waals surface area contributed by atoms with Crippen LogP contribution in [0.2, 0.25) is 0 Å². The number of anilines is 3. The summed E-state index contributed by atoms with van der Waals surface area (Å²) in [5, 5.41) is 0. The summed E-state index contributed by atoms with van der Waals surface area (Å²) in [5.41, 5.74) is 9.48. The van der Waals surface area contributed by atoms with Crippen molar-refractivity contribution in [3.63, 3.8) is 0 Å². The summed E-state index contributed by atoms with van der Waals surface area (Å²) < 4.78 is 0. The number of hydrogen-bond donors (Lipinski definition) is 1. The zero-order valence-electron chi connectivity index (χ0n) is 13.4. The van der Waals surface area contributed by atoms with Gasteiger partial charge < -0.3 is 15.5 Å². The zero-order chi connectivity index (χ0) is 15.5. The second kappa shape index (κ2) is 6.30. The van der Waals surface area contributed by atoms with Crippen molar-refractivity contribution in [2.75, 3.05) is 28.7 Å². The fourth-order valence-electron chi connectivity index (χ4n) is 3.32. The quantitative estimate of drug-likeness (QED) is 0.866. The van der Waals surface area contributed by atoms with E-state index in [9.17, 15) is 0 Å². The Kier molecular flexibility index (Phi) is 4.23. The van der Waals surface area contributed by atoms with Gasteiger partial charge in [-0.2, -0.15) is 0 Å². The lowest BCUT2D eigenvalue weighted by molar-refractivity contribution is 0.510. The lowest BCUT2D eigenvalue weighted by atomic mass is 10.0. The van der Waals surface area contributed by atoms with E-state index in [0.29, 0.717) is 12.0 Å². The molecule has 0 amide bonds. The van der Waals surface area contributed by atoms with Crippen molar-refractivity contribution in [3.8, 4) is 0 Å². The maximum absolute atomic E-state index is 6.17. The maximum Gasteiger partial charge on any atom is 0.0908 e. The average Bonchev–Trinajstić information content (AvgIpc) is 2.91. The van der Waals surface area contributed by atoms with Crippen LogP contribution in [0.15, 0.2) is 54.6 Å². The van der Waals surface area contributed by atoms with Gasteiger partial charge in [0.15, 0.2) is 0 Å². The molecule has 3 rings (SSSR count). The van der Waals surface area contributed by atoms with Gasteiger partial charge in [0.2, 0.25) is 0 Å². The van der Waals surface area contributed by atoms with E-state index in [1.807, 2.05) is 12.1 Å². The van der Waals surface area contributed by atoms with E-state index < -0.39 is 0 Å². The van der Waals surface area contributed by atoms with Crippen molar-refractivity contribution in [2.24, 2.45) is 5.92 Å². The monoisotopic (exact) mass is 295 g/mol. The largest absolute Gasteiger partial charge is 0.397 e. The highest BCUT2D eigenvalue weighted by Crippen LogP contribution is 2.32. The predicted octanol–water partition coefficient (Wildman–Crippen LogP) is 3.97. The maximum atomic E-state index is 6.17. The number of nitrogens with two attached hydrogens (primary N) is 1. The van der Waals surface area contributed by atoms with Crippen LogP contribution in [0.3, 0.4) is 0 Å². The second-order valence-electron chi connectivity index (χ2n) is 6.51. The molecule has 3 nitrogen and oxygen atoms in total. The molecule has 1 aliphatic rings. The van der Waals surface area contributed by atoms with Crippen LogP contribution in [0.25, 0.3) is 0 Å². The van der Waals surface area contributed by atoms with E-state index in [0.717, 1.165) is 24.6 Å². The van der Waals surface area contributed by atoms with Gasteiger partial charge in [0.25, 0.3) is 0 Å². The van der Waals surface area contributed by atoms with E-state index >= 15 is 0 Å². The molecule has 2 aromatic rings. The molecule has 1 fully saturated rings. The van der Waals surface area contributed by atoms with Crippen LogP contribution < -0.4 is 15.5 Å². The summed E-state index contributed by atoms with van der Waals surface area (Å²) in [6, 6.07) is 19.4. The molecule has 2 aromatic carbocycles. The third-order valence-corrected chi connectivity index (χ3v) is 4.30. The van der Waals surface area contributed by atoms with Crippen molar-refractivity contribution in [3.05, 3.63) is 54.6 Å². The van der Waals surface area contributed by atoms with E-state index in [2.05, 4.69) is 66.1 Å². The van der Waals surface area contributed by atoms with Gasteiger partial charge in [0.1, 0.15) is 0 Å². The van der Waals surface area contributed by atoms with Crippen LogP contribution >= 0.6 is 0 Å². The highest BCUT2D eigenvalue weighted by Gasteiger charge is 2.31. The van der Waals surface area contributed by atoms with Crippen LogP contribution in [0.5, 0.6) is 0 Å². The summed E-state index contributed by atoms with van der Waals surface area (Å²) in [6.45, 7) is 6.52. The molecule has 0 spiro atoms. The highest BCUT2D eigenvalue weighted by molar-refractivity contribution is 5.69. The number of nitrogens with zero attached hydrogens (tertiary/aromatic N) is 2. The Hall–Kier alpha value is -2.16. The summed E-state index contributed by atoms with van der Waals surface area (Å²) in [5.74, 6) is 0.685. The minimum Gasteiger partial charge on any atom is -0.397 e. The summed E-state index contributed by atoms with van der Waals surface area (Å²) in [7, 11) is 0. The van der Waals surface area contributed by atoms with Gasteiger partial charge in [0.05, 0.1) is 18.0 Å². The number of nitrogen functional groups attached to an aromatic ring is 1. The highest BCUT2D eigenvalue weighted by atomic mass is 15.4. The predicted molar refractivity (Wildman–Crippen MR) is 95.2 cm³/mol. The first-order valence-electron chi connectivity index (χ1n) is 8.06. The standard InChI is InChI=1S/C19H25N3/c1-15(2)12-17-13-21(19-11-7-6-10-18(19)20)14-22(17)16-8-4-3-5-9-16/h3-11,15,17H,12-14,20H2,1-2H3/t17-/m0/s1. The third kappa shape index (κ3) is 3.03. The van der Waals surface area contributed by atoms with E-state index in [1.54, 1.807) is 0 Å². The van der Waals surface area contributed by atoms with Crippen molar-refractivity contribution in [1.82, 2.24) is 0 Å². The minimum absolute atomic E-state index is 0.530. The number of rotatable bonds is 4. The number of para-hydroxylation sites is 3. The Morgan fingerprint density at radius 1 is 1.05 bits per heavy atom. The molecule has 0 aromatic heterocycles. The second-order valence-corrected chi connectivity index (χ2v) is 6.51. The van der Waals surface area contributed by atoms with Gasteiger partial charge >= 0.3 is 0 Å². The summed E-state index contributed by atoms with van der Waals surface area (Å²) in [4.78, 5) is 4.90. The Morgan fingerprint density at radius 2 is 1.73 bits per heavy atom. The van der Waals surface area contributed by atoms with Crippen molar-refractivity contribution in [2.45, 2.75) is 26.3 Å². The van der Waals surface area contributed by atoms with Gasteiger partial charge in [-0.05, 0) is 36.6 Å². The molecule has 1 saturated heterocycles. The average molecular weight is 295 g/mol. The fourth-order valence-corrected chi connectivity index (χ4v) is 3.32. The Morgan fingerprint density at radius 3 is 2.41 bits per heavy atom. The molecule has 1 heterocycles. The topological polar surface area (TPSA) is 32.5 Å². The molecule has 116 valence electrons. The first-order valence-corrected chi connectivity index (χ1v) is 8.06. The smallest absolute Gasteiger partial charge is 0.0908 e. The van der Waals surface area contributed by atoms with Gasteiger partial charge in [-0.1, -0.05) is 44.2 Å².